The number of anilines is 1. The lowest BCUT2D eigenvalue weighted by Gasteiger charge is -2.29. The number of aliphatic carboxylic acids is 1. The molecule has 1 aromatic rings. The molecule has 0 aromatic carbocycles. The number of hydrogen-bond donors (Lipinski definition) is 3. The van der Waals surface area contributed by atoms with E-state index in [0.29, 0.717) is 18.5 Å². The molecule has 6 nitrogen and oxygen atoms in total. The van der Waals surface area contributed by atoms with Crippen LogP contribution in [0, 0.1) is 5.92 Å². The van der Waals surface area contributed by atoms with Crippen LogP contribution in [0.25, 0.3) is 0 Å². The molecule has 1 aliphatic carbocycles. The predicted molar refractivity (Wildman–Crippen MR) is 69.5 cm³/mol. The fraction of sp³-hybridized carbons (Fsp3) is 0.462. The first-order chi connectivity index (χ1) is 9.08. The van der Waals surface area contributed by atoms with Gasteiger partial charge in [0, 0.05) is 6.04 Å². The number of pyridine rings is 1. The van der Waals surface area contributed by atoms with Gasteiger partial charge in [0.15, 0.2) is 0 Å². The summed E-state index contributed by atoms with van der Waals surface area (Å²) in [4.78, 5) is 27.1. The quantitative estimate of drug-likeness (QED) is 0.755. The first kappa shape index (κ1) is 13.3. The molecule has 2 unspecified atom stereocenters. The smallest absolute Gasteiger partial charge is 0.308 e. The maximum absolute atomic E-state index is 12.0. The van der Waals surface area contributed by atoms with Crippen LogP contribution in [0.3, 0.4) is 0 Å². The van der Waals surface area contributed by atoms with Gasteiger partial charge in [-0.05, 0) is 25.0 Å². The van der Waals surface area contributed by atoms with Crippen LogP contribution in [-0.4, -0.2) is 28.0 Å². The lowest BCUT2D eigenvalue weighted by molar-refractivity contribution is -0.143. The number of amides is 1. The average Bonchev–Trinajstić information content (AvgIpc) is 2.39. The molecule has 1 aromatic heterocycles. The summed E-state index contributed by atoms with van der Waals surface area (Å²) in [5, 5.41) is 11.9. The summed E-state index contributed by atoms with van der Waals surface area (Å²) >= 11 is 0. The van der Waals surface area contributed by atoms with E-state index >= 15 is 0 Å². The third-order valence-corrected chi connectivity index (χ3v) is 3.42. The number of aromatic nitrogens is 1. The highest BCUT2D eigenvalue weighted by Gasteiger charge is 2.32. The molecule has 0 bridgehead atoms. The lowest BCUT2D eigenvalue weighted by atomic mass is 9.84. The molecule has 19 heavy (non-hydrogen) atoms. The number of hydrogen-bond acceptors (Lipinski definition) is 4. The average molecular weight is 263 g/mol. The zero-order valence-electron chi connectivity index (χ0n) is 10.5. The van der Waals surface area contributed by atoms with E-state index in [2.05, 4.69) is 10.3 Å². The highest BCUT2D eigenvalue weighted by atomic mass is 16.4. The number of nitrogen functional groups attached to an aromatic ring is 1. The lowest BCUT2D eigenvalue weighted by Crippen LogP contribution is -2.45. The van der Waals surface area contributed by atoms with E-state index in [-0.39, 0.29) is 17.6 Å². The molecule has 0 aliphatic heterocycles. The highest BCUT2D eigenvalue weighted by Crippen LogP contribution is 2.24. The van der Waals surface area contributed by atoms with Gasteiger partial charge in [-0.3, -0.25) is 9.59 Å². The molecular formula is C13H17N3O3. The van der Waals surface area contributed by atoms with Crippen molar-refractivity contribution in [1.82, 2.24) is 10.3 Å². The molecule has 0 spiro atoms. The minimum Gasteiger partial charge on any atom is -0.481 e. The molecule has 2 rings (SSSR count). The normalized spacial score (nSPS) is 22.7. The van der Waals surface area contributed by atoms with E-state index in [0.717, 1.165) is 12.8 Å². The number of carboxylic acid groups (broad SMARTS) is 1. The minimum absolute atomic E-state index is 0.254. The van der Waals surface area contributed by atoms with Crippen LogP contribution in [0.15, 0.2) is 18.3 Å². The van der Waals surface area contributed by atoms with E-state index < -0.39 is 11.9 Å². The van der Waals surface area contributed by atoms with E-state index in [4.69, 9.17) is 10.8 Å². The van der Waals surface area contributed by atoms with Crippen molar-refractivity contribution in [1.29, 1.82) is 0 Å². The Kier molecular flexibility index (Phi) is 3.99. The van der Waals surface area contributed by atoms with Crippen molar-refractivity contribution in [3.8, 4) is 0 Å². The summed E-state index contributed by atoms with van der Waals surface area (Å²) in [5.74, 6) is -1.71. The highest BCUT2D eigenvalue weighted by molar-refractivity contribution is 5.93. The molecule has 1 saturated carbocycles. The van der Waals surface area contributed by atoms with E-state index in [9.17, 15) is 9.59 Å². The molecule has 1 fully saturated rings. The van der Waals surface area contributed by atoms with Crippen molar-refractivity contribution in [3.05, 3.63) is 24.0 Å². The molecular weight excluding hydrogens is 246 g/mol. The van der Waals surface area contributed by atoms with Gasteiger partial charge in [0.05, 0.1) is 17.8 Å². The van der Waals surface area contributed by atoms with E-state index in [1.165, 1.54) is 12.3 Å². The summed E-state index contributed by atoms with van der Waals surface area (Å²) in [5.41, 5.74) is 6.24. The van der Waals surface area contributed by atoms with Crippen LogP contribution >= 0.6 is 0 Å². The zero-order chi connectivity index (χ0) is 13.8. The van der Waals surface area contributed by atoms with Gasteiger partial charge in [0.2, 0.25) is 0 Å². The van der Waals surface area contributed by atoms with Gasteiger partial charge in [0.1, 0.15) is 5.69 Å². The molecule has 102 valence electrons. The van der Waals surface area contributed by atoms with Gasteiger partial charge in [-0.15, -0.1) is 0 Å². The van der Waals surface area contributed by atoms with Gasteiger partial charge in [-0.1, -0.05) is 12.8 Å². The Morgan fingerprint density at radius 1 is 1.32 bits per heavy atom. The van der Waals surface area contributed by atoms with Gasteiger partial charge in [-0.2, -0.15) is 0 Å². The van der Waals surface area contributed by atoms with Crippen LogP contribution in [0.1, 0.15) is 36.2 Å². The van der Waals surface area contributed by atoms with Crippen LogP contribution in [0.5, 0.6) is 0 Å². The fourth-order valence-electron chi connectivity index (χ4n) is 2.38. The second kappa shape index (κ2) is 5.69. The molecule has 1 aliphatic rings. The van der Waals surface area contributed by atoms with Crippen LogP contribution in [0.4, 0.5) is 5.69 Å². The fourth-order valence-corrected chi connectivity index (χ4v) is 2.38. The van der Waals surface area contributed by atoms with E-state index in [1.54, 1.807) is 6.07 Å². The third kappa shape index (κ3) is 3.21. The summed E-state index contributed by atoms with van der Waals surface area (Å²) in [6.45, 7) is 0. The first-order valence-electron chi connectivity index (χ1n) is 6.33. The number of carboxylic acids is 1. The molecule has 2 atom stereocenters. The molecule has 6 heteroatoms. The SMILES string of the molecule is Nc1ccc(C(=O)NC2CCCCC2C(=O)O)nc1. The maximum Gasteiger partial charge on any atom is 0.308 e. The van der Waals surface area contributed by atoms with Gasteiger partial charge < -0.3 is 16.2 Å². The Bertz CT molecular complexity index is 473. The predicted octanol–water partition coefficient (Wildman–Crippen LogP) is 1.04. The molecule has 1 heterocycles. The van der Waals surface area contributed by atoms with Gasteiger partial charge >= 0.3 is 5.97 Å². The van der Waals surface area contributed by atoms with Gasteiger partial charge in [-0.25, -0.2) is 4.98 Å². The number of nitrogens with two attached hydrogens (primary N) is 1. The summed E-state index contributed by atoms with van der Waals surface area (Å²) < 4.78 is 0. The molecule has 4 N–H and O–H groups in total. The summed E-state index contributed by atoms with van der Waals surface area (Å²) in [7, 11) is 0. The Labute approximate surface area is 111 Å². The van der Waals surface area contributed by atoms with Crippen molar-refractivity contribution in [2.45, 2.75) is 31.7 Å². The molecule has 1 amide bonds. The summed E-state index contributed by atoms with van der Waals surface area (Å²) in [6, 6.07) is 2.80. The van der Waals surface area contributed by atoms with Crippen molar-refractivity contribution < 1.29 is 14.7 Å². The van der Waals surface area contributed by atoms with Crippen molar-refractivity contribution in [3.63, 3.8) is 0 Å². The van der Waals surface area contributed by atoms with Crippen molar-refractivity contribution in [2.75, 3.05) is 5.73 Å². The number of nitrogens with one attached hydrogen (secondary N) is 1. The first-order valence-corrected chi connectivity index (χ1v) is 6.33. The topological polar surface area (TPSA) is 105 Å². The molecule has 0 radical (unpaired) electrons. The van der Waals surface area contributed by atoms with Crippen LogP contribution in [0.2, 0.25) is 0 Å². The Morgan fingerprint density at radius 2 is 2.05 bits per heavy atom. The minimum atomic E-state index is -0.852. The standard InChI is InChI=1S/C13H17N3O3/c14-8-5-6-11(15-7-8)12(17)16-10-4-2-1-3-9(10)13(18)19/h5-7,9-10H,1-4,14H2,(H,16,17)(H,18,19). The Balaban J connectivity index is 2.04. The van der Waals surface area contributed by atoms with E-state index in [1.807, 2.05) is 0 Å². The van der Waals surface area contributed by atoms with Gasteiger partial charge in [0.25, 0.3) is 5.91 Å². The zero-order valence-corrected chi connectivity index (χ0v) is 10.5. The number of nitrogens with zero attached hydrogens (tertiary/aromatic N) is 1. The second-order valence-electron chi connectivity index (χ2n) is 4.79. The van der Waals surface area contributed by atoms with Crippen LogP contribution in [-0.2, 0) is 4.79 Å². The Morgan fingerprint density at radius 3 is 2.68 bits per heavy atom. The van der Waals surface area contributed by atoms with Crippen molar-refractivity contribution >= 4 is 17.6 Å². The number of rotatable bonds is 3. The molecule has 0 saturated heterocycles. The number of carbonyl (C=O) groups excluding carboxylic acids is 1. The van der Waals surface area contributed by atoms with Crippen LogP contribution < -0.4 is 11.1 Å². The summed E-state index contributed by atoms with van der Waals surface area (Å²) in [6.07, 6.45) is 4.53. The van der Waals surface area contributed by atoms with Crippen molar-refractivity contribution in [2.24, 2.45) is 5.92 Å². The Hall–Kier alpha value is -2.11. The largest absolute Gasteiger partial charge is 0.481 e. The monoisotopic (exact) mass is 263 g/mol. The number of carbonyl (C=O) groups is 2. The second-order valence-corrected chi connectivity index (χ2v) is 4.79. The maximum atomic E-state index is 12.0. The third-order valence-electron chi connectivity index (χ3n) is 3.42.